The molecule has 0 unspecified atom stereocenters. The smallest absolute Gasteiger partial charge is 0.150 e. The summed E-state index contributed by atoms with van der Waals surface area (Å²) in [5, 5.41) is 1.14. The van der Waals surface area contributed by atoms with Gasteiger partial charge in [0, 0.05) is 17.3 Å². The molecule has 2 rings (SSSR count). The van der Waals surface area contributed by atoms with E-state index in [1.807, 2.05) is 30.5 Å². The van der Waals surface area contributed by atoms with E-state index in [0.29, 0.717) is 0 Å². The van der Waals surface area contributed by atoms with Crippen molar-refractivity contribution in [3.8, 4) is 10.4 Å². The molecular formula is C13H13NOS. The zero-order valence-electron chi connectivity index (χ0n) is 9.14. The van der Waals surface area contributed by atoms with E-state index in [-0.39, 0.29) is 0 Å². The molecule has 3 heteroatoms. The Balaban J connectivity index is 2.38. The molecule has 0 radical (unpaired) electrons. The molecule has 1 aromatic carbocycles. The van der Waals surface area contributed by atoms with Gasteiger partial charge in [-0.2, -0.15) is 0 Å². The predicted molar refractivity (Wildman–Crippen MR) is 66.9 cm³/mol. The number of aromatic nitrogens is 1. The molecule has 0 saturated heterocycles. The largest absolute Gasteiger partial charge is 0.298 e. The van der Waals surface area contributed by atoms with Crippen molar-refractivity contribution in [2.45, 2.75) is 19.8 Å². The Morgan fingerprint density at radius 3 is 2.94 bits per heavy atom. The molecule has 0 aliphatic rings. The fraction of sp³-hybridized carbons (Fsp3) is 0.231. The van der Waals surface area contributed by atoms with Crippen molar-refractivity contribution in [2.24, 2.45) is 0 Å². The maximum atomic E-state index is 10.9. The standard InChI is InChI=1S/C13H13NOS/c1-2-5-13-14-8-12(16-13)11-7-4-3-6-10(11)9-15/h3-4,6-9H,2,5H2,1H3. The second-order valence-corrected chi connectivity index (χ2v) is 4.69. The first-order valence-electron chi connectivity index (χ1n) is 5.34. The number of aldehydes is 1. The van der Waals surface area contributed by atoms with E-state index in [1.165, 1.54) is 0 Å². The third-order valence-electron chi connectivity index (χ3n) is 2.37. The van der Waals surface area contributed by atoms with Crippen LogP contribution in [-0.4, -0.2) is 11.3 Å². The van der Waals surface area contributed by atoms with Crippen LogP contribution in [-0.2, 0) is 6.42 Å². The first-order chi connectivity index (χ1) is 7.85. The molecule has 0 spiro atoms. The maximum absolute atomic E-state index is 10.9. The van der Waals surface area contributed by atoms with E-state index in [0.717, 1.165) is 40.1 Å². The predicted octanol–water partition coefficient (Wildman–Crippen LogP) is 3.58. The number of benzene rings is 1. The highest BCUT2D eigenvalue weighted by Crippen LogP contribution is 2.28. The number of carbonyl (C=O) groups is 1. The van der Waals surface area contributed by atoms with Gasteiger partial charge < -0.3 is 0 Å². The minimum Gasteiger partial charge on any atom is -0.298 e. The molecule has 2 aromatic rings. The van der Waals surface area contributed by atoms with Crippen LogP contribution >= 0.6 is 11.3 Å². The van der Waals surface area contributed by atoms with Crippen LogP contribution in [0.2, 0.25) is 0 Å². The minimum atomic E-state index is 0.731. The van der Waals surface area contributed by atoms with Gasteiger partial charge in [-0.1, -0.05) is 31.2 Å². The zero-order chi connectivity index (χ0) is 11.4. The van der Waals surface area contributed by atoms with Crippen LogP contribution in [0.4, 0.5) is 0 Å². The number of carbonyl (C=O) groups excluding carboxylic acids is 1. The summed E-state index contributed by atoms with van der Waals surface area (Å²) in [5.41, 5.74) is 1.71. The van der Waals surface area contributed by atoms with Gasteiger partial charge in [0.05, 0.1) is 9.88 Å². The molecule has 0 aliphatic heterocycles. The second-order valence-electron chi connectivity index (χ2n) is 3.57. The summed E-state index contributed by atoms with van der Waals surface area (Å²) in [7, 11) is 0. The molecule has 0 atom stereocenters. The maximum Gasteiger partial charge on any atom is 0.150 e. The van der Waals surface area contributed by atoms with Gasteiger partial charge in [0.2, 0.25) is 0 Å². The van der Waals surface area contributed by atoms with E-state index < -0.39 is 0 Å². The summed E-state index contributed by atoms with van der Waals surface area (Å²) in [5.74, 6) is 0. The molecule has 0 aliphatic carbocycles. The fourth-order valence-electron chi connectivity index (χ4n) is 1.59. The van der Waals surface area contributed by atoms with Crippen LogP contribution in [0.3, 0.4) is 0 Å². The van der Waals surface area contributed by atoms with Gasteiger partial charge in [-0.15, -0.1) is 11.3 Å². The van der Waals surface area contributed by atoms with Gasteiger partial charge >= 0.3 is 0 Å². The van der Waals surface area contributed by atoms with Gasteiger partial charge in [0.15, 0.2) is 6.29 Å². The summed E-state index contributed by atoms with van der Waals surface area (Å²) in [6, 6.07) is 7.62. The SMILES string of the molecule is CCCc1ncc(-c2ccccc2C=O)s1. The second kappa shape index (κ2) is 5.03. The van der Waals surface area contributed by atoms with Gasteiger partial charge in [-0.25, -0.2) is 4.98 Å². The van der Waals surface area contributed by atoms with Crippen molar-refractivity contribution >= 4 is 17.6 Å². The average molecular weight is 231 g/mol. The van der Waals surface area contributed by atoms with Gasteiger partial charge in [-0.05, 0) is 12.8 Å². The molecule has 0 saturated carbocycles. The Kier molecular flexibility index (Phi) is 3.47. The fourth-order valence-corrected chi connectivity index (χ4v) is 2.66. The van der Waals surface area contributed by atoms with Crippen molar-refractivity contribution in [2.75, 3.05) is 0 Å². The average Bonchev–Trinajstić information content (AvgIpc) is 2.78. The number of nitrogens with zero attached hydrogens (tertiary/aromatic N) is 1. The van der Waals surface area contributed by atoms with E-state index in [9.17, 15) is 4.79 Å². The minimum absolute atomic E-state index is 0.731. The van der Waals surface area contributed by atoms with Crippen LogP contribution in [0, 0.1) is 0 Å². The highest BCUT2D eigenvalue weighted by molar-refractivity contribution is 7.15. The Labute approximate surface area is 99.0 Å². The molecule has 82 valence electrons. The van der Waals surface area contributed by atoms with Crippen LogP contribution in [0.15, 0.2) is 30.5 Å². The molecule has 1 aromatic heterocycles. The lowest BCUT2D eigenvalue weighted by atomic mass is 10.1. The van der Waals surface area contributed by atoms with Gasteiger partial charge in [-0.3, -0.25) is 4.79 Å². The highest BCUT2D eigenvalue weighted by atomic mass is 32.1. The molecule has 0 fully saturated rings. The molecule has 16 heavy (non-hydrogen) atoms. The van der Waals surface area contributed by atoms with Crippen LogP contribution in [0.25, 0.3) is 10.4 Å². The number of thiazole rings is 1. The molecule has 0 N–H and O–H groups in total. The number of aryl methyl sites for hydroxylation is 1. The van der Waals surface area contributed by atoms with Gasteiger partial charge in [0.1, 0.15) is 0 Å². The Hall–Kier alpha value is -1.48. The van der Waals surface area contributed by atoms with Crippen LogP contribution in [0.5, 0.6) is 0 Å². The normalized spacial score (nSPS) is 10.3. The molecule has 0 amide bonds. The topological polar surface area (TPSA) is 30.0 Å². The lowest BCUT2D eigenvalue weighted by molar-refractivity contribution is 0.112. The number of hydrogen-bond acceptors (Lipinski definition) is 3. The van der Waals surface area contributed by atoms with Gasteiger partial charge in [0.25, 0.3) is 0 Å². The summed E-state index contributed by atoms with van der Waals surface area (Å²) >= 11 is 1.67. The summed E-state index contributed by atoms with van der Waals surface area (Å²) in [4.78, 5) is 16.4. The summed E-state index contributed by atoms with van der Waals surface area (Å²) < 4.78 is 0. The molecule has 0 bridgehead atoms. The van der Waals surface area contributed by atoms with Crippen molar-refractivity contribution in [1.82, 2.24) is 4.98 Å². The van der Waals surface area contributed by atoms with E-state index >= 15 is 0 Å². The summed E-state index contributed by atoms with van der Waals surface area (Å²) in [6.07, 6.45) is 4.86. The Morgan fingerprint density at radius 1 is 1.38 bits per heavy atom. The van der Waals surface area contributed by atoms with Crippen molar-refractivity contribution in [3.05, 3.63) is 41.0 Å². The quantitative estimate of drug-likeness (QED) is 0.753. The van der Waals surface area contributed by atoms with E-state index in [1.54, 1.807) is 11.3 Å². The first-order valence-corrected chi connectivity index (χ1v) is 6.16. The van der Waals surface area contributed by atoms with Crippen LogP contribution < -0.4 is 0 Å². The van der Waals surface area contributed by atoms with E-state index in [2.05, 4.69) is 11.9 Å². The monoisotopic (exact) mass is 231 g/mol. The van der Waals surface area contributed by atoms with Crippen LogP contribution in [0.1, 0.15) is 28.7 Å². The number of hydrogen-bond donors (Lipinski definition) is 0. The third kappa shape index (κ3) is 2.19. The summed E-state index contributed by atoms with van der Waals surface area (Å²) in [6.45, 7) is 2.14. The first kappa shape index (κ1) is 11.0. The van der Waals surface area contributed by atoms with Crippen molar-refractivity contribution in [1.29, 1.82) is 0 Å². The lowest BCUT2D eigenvalue weighted by Crippen LogP contribution is -1.83. The third-order valence-corrected chi connectivity index (χ3v) is 3.46. The van der Waals surface area contributed by atoms with E-state index in [4.69, 9.17) is 0 Å². The van der Waals surface area contributed by atoms with Crippen molar-refractivity contribution in [3.63, 3.8) is 0 Å². The Morgan fingerprint density at radius 2 is 2.19 bits per heavy atom. The molecule has 2 nitrogen and oxygen atoms in total. The van der Waals surface area contributed by atoms with Crippen molar-refractivity contribution < 1.29 is 4.79 Å². The lowest BCUT2D eigenvalue weighted by Gasteiger charge is -1.99. The highest BCUT2D eigenvalue weighted by Gasteiger charge is 2.07. The molecular weight excluding hydrogens is 218 g/mol. The zero-order valence-corrected chi connectivity index (χ0v) is 9.96. The molecule has 1 heterocycles. The number of rotatable bonds is 4. The Bertz CT molecular complexity index is 490.